The number of nitrogens with one attached hydrogen (secondary N) is 4. The molecule has 0 radical (unpaired) electrons. The summed E-state index contributed by atoms with van der Waals surface area (Å²) in [6.45, 7) is 1.90. The number of amides is 2. The van der Waals surface area contributed by atoms with Gasteiger partial charge in [0.05, 0.1) is 11.5 Å². The van der Waals surface area contributed by atoms with E-state index in [0.717, 1.165) is 5.56 Å². The predicted octanol–water partition coefficient (Wildman–Crippen LogP) is 4.19. The monoisotopic (exact) mass is 457 g/mol. The second kappa shape index (κ2) is 8.41. The van der Waals surface area contributed by atoms with Crippen molar-refractivity contribution in [2.75, 3.05) is 16.0 Å². The molecule has 8 nitrogen and oxygen atoms in total. The second-order valence-electron chi connectivity index (χ2n) is 7.12. The minimum absolute atomic E-state index is 0.0278. The summed E-state index contributed by atoms with van der Waals surface area (Å²) >= 11 is 12.0. The Hall–Kier alpha value is -3.36. The van der Waals surface area contributed by atoms with Crippen LogP contribution in [0.1, 0.15) is 23.5 Å². The highest BCUT2D eigenvalue weighted by Crippen LogP contribution is 2.31. The first-order valence-electron chi connectivity index (χ1n) is 9.33. The standard InChI is InChI=1S/C21H17Cl2N5O3/c1-10-3-2-4-13(5-10)24-19(30)15-9-16(29)26-18-17(15)20(31)28-21(27-18)25-14-7-11(22)6-12(23)8-14/h2-8,15H,9H2,1H3,(H,24,30)(H3,25,26,27,28,29,31). The topological polar surface area (TPSA) is 116 Å². The van der Waals surface area contributed by atoms with E-state index in [1.807, 2.05) is 13.0 Å². The van der Waals surface area contributed by atoms with Crippen molar-refractivity contribution >= 4 is 58.2 Å². The van der Waals surface area contributed by atoms with Crippen molar-refractivity contribution < 1.29 is 9.59 Å². The molecular weight excluding hydrogens is 441 g/mol. The van der Waals surface area contributed by atoms with Gasteiger partial charge in [0.2, 0.25) is 17.8 Å². The van der Waals surface area contributed by atoms with Gasteiger partial charge in [0.1, 0.15) is 5.82 Å². The van der Waals surface area contributed by atoms with E-state index in [4.69, 9.17) is 23.2 Å². The van der Waals surface area contributed by atoms with E-state index in [9.17, 15) is 14.4 Å². The number of fused-ring (bicyclic) bond motifs is 1. The number of hydrogen-bond donors (Lipinski definition) is 4. The number of aryl methyl sites for hydroxylation is 1. The van der Waals surface area contributed by atoms with E-state index in [1.54, 1.807) is 36.4 Å². The highest BCUT2D eigenvalue weighted by atomic mass is 35.5. The van der Waals surface area contributed by atoms with E-state index >= 15 is 0 Å². The molecule has 1 aromatic heterocycles. The number of rotatable bonds is 4. The average Bonchev–Trinajstić information content (AvgIpc) is 2.66. The third-order valence-corrected chi connectivity index (χ3v) is 5.11. The molecule has 0 saturated carbocycles. The first-order valence-corrected chi connectivity index (χ1v) is 10.1. The molecule has 1 unspecified atom stereocenters. The summed E-state index contributed by atoms with van der Waals surface area (Å²) in [6.07, 6.45) is -0.161. The molecule has 1 atom stereocenters. The van der Waals surface area contributed by atoms with E-state index in [1.165, 1.54) is 0 Å². The van der Waals surface area contributed by atoms with Gasteiger partial charge in [0, 0.05) is 27.8 Å². The fourth-order valence-corrected chi connectivity index (χ4v) is 3.90. The number of aromatic amines is 1. The largest absolute Gasteiger partial charge is 0.326 e. The molecule has 10 heteroatoms. The second-order valence-corrected chi connectivity index (χ2v) is 8.00. The number of H-pyrrole nitrogens is 1. The van der Waals surface area contributed by atoms with Crippen molar-refractivity contribution in [1.29, 1.82) is 0 Å². The minimum Gasteiger partial charge on any atom is -0.326 e. The minimum atomic E-state index is -0.977. The molecule has 2 heterocycles. The van der Waals surface area contributed by atoms with Crippen LogP contribution >= 0.6 is 23.2 Å². The highest BCUT2D eigenvalue weighted by molar-refractivity contribution is 6.35. The van der Waals surface area contributed by atoms with Crippen LogP contribution in [-0.4, -0.2) is 21.8 Å². The third-order valence-electron chi connectivity index (χ3n) is 4.68. The Labute approximate surface area is 187 Å². The van der Waals surface area contributed by atoms with Crippen molar-refractivity contribution in [2.24, 2.45) is 0 Å². The maximum Gasteiger partial charge on any atom is 0.258 e. The average molecular weight is 458 g/mol. The molecule has 3 aromatic rings. The molecule has 2 aromatic carbocycles. The molecule has 31 heavy (non-hydrogen) atoms. The van der Waals surface area contributed by atoms with Crippen LogP contribution in [0.4, 0.5) is 23.1 Å². The van der Waals surface area contributed by atoms with Crippen molar-refractivity contribution in [3.05, 3.63) is 74.0 Å². The van der Waals surface area contributed by atoms with Crippen molar-refractivity contribution in [1.82, 2.24) is 9.97 Å². The number of carbonyl (C=O) groups is 2. The van der Waals surface area contributed by atoms with E-state index in [2.05, 4.69) is 25.9 Å². The van der Waals surface area contributed by atoms with Crippen LogP contribution in [0.15, 0.2) is 47.3 Å². The molecule has 0 aliphatic carbocycles. The van der Waals surface area contributed by atoms with Crippen molar-refractivity contribution in [3.63, 3.8) is 0 Å². The van der Waals surface area contributed by atoms with Crippen LogP contribution in [0.2, 0.25) is 10.0 Å². The van der Waals surface area contributed by atoms with E-state index < -0.39 is 23.3 Å². The van der Waals surface area contributed by atoms with Gasteiger partial charge in [-0.2, -0.15) is 4.98 Å². The molecule has 0 bridgehead atoms. The number of benzene rings is 2. The van der Waals surface area contributed by atoms with Gasteiger partial charge in [-0.1, -0.05) is 35.3 Å². The van der Waals surface area contributed by atoms with Gasteiger partial charge >= 0.3 is 0 Å². The molecule has 4 N–H and O–H groups in total. The van der Waals surface area contributed by atoms with Crippen molar-refractivity contribution in [3.8, 4) is 0 Å². The van der Waals surface area contributed by atoms with Gasteiger partial charge in [-0.3, -0.25) is 19.4 Å². The maximum atomic E-state index is 12.9. The first-order chi connectivity index (χ1) is 14.8. The van der Waals surface area contributed by atoms with Gasteiger partial charge < -0.3 is 16.0 Å². The Morgan fingerprint density at radius 2 is 1.84 bits per heavy atom. The molecule has 0 fully saturated rings. The van der Waals surface area contributed by atoms with Crippen LogP contribution in [0.5, 0.6) is 0 Å². The van der Waals surface area contributed by atoms with Crippen LogP contribution < -0.4 is 21.5 Å². The first kappa shape index (κ1) is 20.9. The Balaban J connectivity index is 1.65. The summed E-state index contributed by atoms with van der Waals surface area (Å²) < 4.78 is 0. The molecule has 2 amide bonds. The Bertz CT molecular complexity index is 1240. The molecule has 0 saturated heterocycles. The van der Waals surface area contributed by atoms with Crippen LogP contribution in [0, 0.1) is 6.92 Å². The summed E-state index contributed by atoms with van der Waals surface area (Å²) in [4.78, 5) is 44.8. The number of aromatic nitrogens is 2. The summed E-state index contributed by atoms with van der Waals surface area (Å²) in [5.41, 5.74) is 1.61. The zero-order valence-corrected chi connectivity index (χ0v) is 17.8. The predicted molar refractivity (Wildman–Crippen MR) is 120 cm³/mol. The zero-order chi connectivity index (χ0) is 22.1. The lowest BCUT2D eigenvalue weighted by Gasteiger charge is -2.23. The van der Waals surface area contributed by atoms with Crippen LogP contribution in [-0.2, 0) is 9.59 Å². The molecule has 1 aliphatic heterocycles. The molecule has 0 spiro atoms. The number of halogens is 2. The fourth-order valence-electron chi connectivity index (χ4n) is 3.37. The SMILES string of the molecule is Cc1cccc(NC(=O)C2CC(=O)Nc3nc(Nc4cc(Cl)cc(Cl)c4)[nH]c(=O)c32)c1. The highest BCUT2D eigenvalue weighted by Gasteiger charge is 2.34. The van der Waals surface area contributed by atoms with Crippen molar-refractivity contribution in [2.45, 2.75) is 19.3 Å². The number of carbonyl (C=O) groups excluding carboxylic acids is 2. The molecule has 158 valence electrons. The smallest absolute Gasteiger partial charge is 0.258 e. The summed E-state index contributed by atoms with van der Waals surface area (Å²) in [5, 5.41) is 9.02. The molecule has 1 aliphatic rings. The molecule has 4 rings (SSSR count). The normalized spacial score (nSPS) is 15.1. The van der Waals surface area contributed by atoms with E-state index in [-0.39, 0.29) is 23.8 Å². The number of hydrogen-bond acceptors (Lipinski definition) is 5. The van der Waals surface area contributed by atoms with E-state index in [0.29, 0.717) is 21.4 Å². The Kier molecular flexibility index (Phi) is 5.67. The summed E-state index contributed by atoms with van der Waals surface area (Å²) in [6, 6.07) is 12.0. The lowest BCUT2D eigenvalue weighted by atomic mass is 9.92. The molecular formula is C21H17Cl2N5O3. The fraction of sp³-hybridized carbons (Fsp3) is 0.143. The Morgan fingerprint density at radius 3 is 2.55 bits per heavy atom. The van der Waals surface area contributed by atoms with Crippen LogP contribution in [0.25, 0.3) is 0 Å². The lowest BCUT2D eigenvalue weighted by Crippen LogP contribution is -2.36. The van der Waals surface area contributed by atoms with Gasteiger partial charge in [0.15, 0.2) is 0 Å². The summed E-state index contributed by atoms with van der Waals surface area (Å²) in [7, 11) is 0. The number of anilines is 4. The van der Waals surface area contributed by atoms with Gasteiger partial charge in [-0.05, 0) is 42.8 Å². The quantitative estimate of drug-likeness (QED) is 0.468. The lowest BCUT2D eigenvalue weighted by molar-refractivity contribution is -0.123. The van der Waals surface area contributed by atoms with Gasteiger partial charge in [-0.25, -0.2) is 0 Å². The zero-order valence-electron chi connectivity index (χ0n) is 16.3. The summed E-state index contributed by atoms with van der Waals surface area (Å²) in [5.74, 6) is -1.75. The third kappa shape index (κ3) is 4.70. The van der Waals surface area contributed by atoms with Gasteiger partial charge in [0.25, 0.3) is 5.56 Å². The Morgan fingerprint density at radius 1 is 1.10 bits per heavy atom. The maximum absolute atomic E-state index is 12.9. The van der Waals surface area contributed by atoms with Crippen LogP contribution in [0.3, 0.4) is 0 Å². The van der Waals surface area contributed by atoms with Gasteiger partial charge in [-0.15, -0.1) is 0 Å². The number of nitrogens with zero attached hydrogens (tertiary/aromatic N) is 1.